The van der Waals surface area contributed by atoms with Crippen molar-refractivity contribution in [1.29, 1.82) is 0 Å². The lowest BCUT2D eigenvalue weighted by molar-refractivity contribution is 0.879. The maximum Gasteiger partial charge on any atom is 0.186 e. The largest absolute Gasteiger partial charge is 0.364 e. The zero-order valence-corrected chi connectivity index (χ0v) is 11.5. The van der Waals surface area contributed by atoms with E-state index in [0.717, 1.165) is 17.0 Å². The number of hydrogen-bond acceptors (Lipinski definition) is 4. The summed E-state index contributed by atoms with van der Waals surface area (Å²) in [5.74, 6) is 0. The summed E-state index contributed by atoms with van der Waals surface area (Å²) in [5.41, 5.74) is 5.56. The quantitative estimate of drug-likeness (QED) is 0.498. The first-order chi connectivity index (χ1) is 9.20. The van der Waals surface area contributed by atoms with Gasteiger partial charge in [-0.1, -0.05) is 12.1 Å². The fourth-order valence-electron chi connectivity index (χ4n) is 1.45. The molecule has 1 aromatic carbocycles. The zero-order chi connectivity index (χ0) is 13.7. The van der Waals surface area contributed by atoms with Crippen LogP contribution in [0.15, 0.2) is 42.0 Å². The predicted molar refractivity (Wildman–Crippen MR) is 78.4 cm³/mol. The van der Waals surface area contributed by atoms with E-state index in [-0.39, 0.29) is 0 Å². The lowest BCUT2D eigenvalue weighted by Crippen LogP contribution is -2.29. The predicted octanol–water partition coefficient (Wildman–Crippen LogP) is 1.09. The third-order valence-electron chi connectivity index (χ3n) is 2.52. The van der Waals surface area contributed by atoms with E-state index in [9.17, 15) is 0 Å². The van der Waals surface area contributed by atoms with Gasteiger partial charge in [-0.25, -0.2) is 9.67 Å². The average molecular weight is 274 g/mol. The molecule has 0 radical (unpaired) electrons. The Morgan fingerprint density at radius 3 is 2.63 bits per heavy atom. The SMILES string of the molecule is CNC(=S)N/N=C(\C)c1ccc(-n2cncn2)cc1. The number of benzene rings is 1. The number of nitrogens with one attached hydrogen (secondary N) is 2. The van der Waals surface area contributed by atoms with Crippen molar-refractivity contribution in [3.63, 3.8) is 0 Å². The second kappa shape index (κ2) is 6.05. The molecule has 6 nitrogen and oxygen atoms in total. The Morgan fingerprint density at radius 1 is 1.32 bits per heavy atom. The van der Waals surface area contributed by atoms with Crippen molar-refractivity contribution in [3.05, 3.63) is 42.5 Å². The Kier molecular flexibility index (Phi) is 4.19. The first kappa shape index (κ1) is 13.2. The zero-order valence-electron chi connectivity index (χ0n) is 10.7. The molecule has 1 aromatic heterocycles. The van der Waals surface area contributed by atoms with Crippen LogP contribution in [-0.4, -0.2) is 32.6 Å². The minimum absolute atomic E-state index is 0.485. The first-order valence-electron chi connectivity index (χ1n) is 5.68. The van der Waals surface area contributed by atoms with E-state index in [2.05, 4.69) is 25.9 Å². The van der Waals surface area contributed by atoms with Crippen LogP contribution in [0, 0.1) is 0 Å². The number of rotatable bonds is 3. The summed E-state index contributed by atoms with van der Waals surface area (Å²) < 4.78 is 1.70. The van der Waals surface area contributed by atoms with Crippen LogP contribution in [-0.2, 0) is 0 Å². The summed E-state index contributed by atoms with van der Waals surface area (Å²) in [7, 11) is 1.74. The summed E-state index contributed by atoms with van der Waals surface area (Å²) in [4.78, 5) is 3.91. The maximum atomic E-state index is 4.95. The minimum atomic E-state index is 0.485. The molecule has 2 rings (SSSR count). The third kappa shape index (κ3) is 3.35. The van der Waals surface area contributed by atoms with E-state index < -0.39 is 0 Å². The van der Waals surface area contributed by atoms with Gasteiger partial charge in [-0.3, -0.25) is 5.43 Å². The summed E-state index contributed by atoms with van der Waals surface area (Å²) >= 11 is 4.95. The second-order valence-corrected chi connectivity index (χ2v) is 4.18. The highest BCUT2D eigenvalue weighted by Crippen LogP contribution is 2.08. The molecule has 0 bridgehead atoms. The van der Waals surface area contributed by atoms with Crippen molar-refractivity contribution < 1.29 is 0 Å². The number of hydrazone groups is 1. The second-order valence-electron chi connectivity index (χ2n) is 3.78. The number of nitrogens with zero attached hydrogens (tertiary/aromatic N) is 4. The molecule has 0 unspecified atom stereocenters. The molecule has 2 N–H and O–H groups in total. The molecule has 0 saturated heterocycles. The Bertz CT molecular complexity index is 573. The van der Waals surface area contributed by atoms with Crippen molar-refractivity contribution in [3.8, 4) is 5.69 Å². The summed E-state index contributed by atoms with van der Waals surface area (Å²) in [6.07, 6.45) is 3.16. The first-order valence-corrected chi connectivity index (χ1v) is 6.09. The van der Waals surface area contributed by atoms with Gasteiger partial charge in [0.05, 0.1) is 11.4 Å². The van der Waals surface area contributed by atoms with Crippen LogP contribution in [0.3, 0.4) is 0 Å². The van der Waals surface area contributed by atoms with Crippen LogP contribution in [0.2, 0.25) is 0 Å². The van der Waals surface area contributed by atoms with E-state index >= 15 is 0 Å². The van der Waals surface area contributed by atoms with Gasteiger partial charge < -0.3 is 5.32 Å². The van der Waals surface area contributed by atoms with E-state index in [1.165, 1.54) is 6.33 Å². The van der Waals surface area contributed by atoms with Crippen molar-refractivity contribution in [2.24, 2.45) is 5.10 Å². The van der Waals surface area contributed by atoms with Crippen LogP contribution in [0.4, 0.5) is 0 Å². The summed E-state index contributed by atoms with van der Waals surface area (Å²) in [6, 6.07) is 7.86. The minimum Gasteiger partial charge on any atom is -0.364 e. The van der Waals surface area contributed by atoms with Gasteiger partial charge in [0.2, 0.25) is 0 Å². The maximum absolute atomic E-state index is 4.95. The highest BCUT2D eigenvalue weighted by atomic mass is 32.1. The van der Waals surface area contributed by atoms with Crippen molar-refractivity contribution >= 4 is 23.0 Å². The third-order valence-corrected chi connectivity index (χ3v) is 2.82. The molecule has 2 aromatic rings. The average Bonchev–Trinajstić information content (AvgIpc) is 2.98. The van der Waals surface area contributed by atoms with Gasteiger partial charge in [-0.05, 0) is 36.8 Å². The molecule has 0 aliphatic carbocycles. The highest BCUT2D eigenvalue weighted by molar-refractivity contribution is 7.80. The molecule has 0 atom stereocenters. The molecule has 0 aliphatic rings. The molecule has 7 heteroatoms. The Balaban J connectivity index is 2.12. The Hall–Kier alpha value is -2.28. The van der Waals surface area contributed by atoms with E-state index in [0.29, 0.717) is 5.11 Å². The van der Waals surface area contributed by atoms with Crippen LogP contribution < -0.4 is 10.7 Å². The highest BCUT2D eigenvalue weighted by Gasteiger charge is 2.00. The summed E-state index contributed by atoms with van der Waals surface area (Å²) in [6.45, 7) is 1.91. The topological polar surface area (TPSA) is 67.1 Å². The molecule has 0 saturated carbocycles. The van der Waals surface area contributed by atoms with Gasteiger partial charge in [0.15, 0.2) is 5.11 Å². The Morgan fingerprint density at radius 2 is 2.05 bits per heavy atom. The molecule has 0 fully saturated rings. The lowest BCUT2D eigenvalue weighted by atomic mass is 10.1. The monoisotopic (exact) mass is 274 g/mol. The molecule has 19 heavy (non-hydrogen) atoms. The standard InChI is InChI=1S/C12H14N6S/c1-9(16-17-12(19)13-2)10-3-5-11(6-4-10)18-8-14-7-15-18/h3-8H,1-2H3,(H2,13,17,19)/b16-9+. The van der Waals surface area contributed by atoms with Gasteiger partial charge in [0.25, 0.3) is 0 Å². The fourth-order valence-corrected chi connectivity index (χ4v) is 1.50. The molecular formula is C12H14N6S. The van der Waals surface area contributed by atoms with Crippen molar-refractivity contribution in [1.82, 2.24) is 25.5 Å². The number of hydrogen-bond donors (Lipinski definition) is 2. The van der Waals surface area contributed by atoms with Gasteiger partial charge in [0.1, 0.15) is 12.7 Å². The molecule has 0 spiro atoms. The molecule has 0 amide bonds. The Labute approximate surface area is 116 Å². The normalized spacial score (nSPS) is 11.2. The van der Waals surface area contributed by atoms with Gasteiger partial charge >= 0.3 is 0 Å². The van der Waals surface area contributed by atoms with Gasteiger partial charge in [0, 0.05) is 7.05 Å². The van der Waals surface area contributed by atoms with Crippen LogP contribution in [0.5, 0.6) is 0 Å². The number of thiocarbonyl (C=S) groups is 1. The van der Waals surface area contributed by atoms with Gasteiger partial charge in [-0.2, -0.15) is 10.2 Å². The molecule has 1 heterocycles. The van der Waals surface area contributed by atoms with E-state index in [1.807, 2.05) is 31.2 Å². The smallest absolute Gasteiger partial charge is 0.186 e. The van der Waals surface area contributed by atoms with Crippen LogP contribution in [0.1, 0.15) is 12.5 Å². The summed E-state index contributed by atoms with van der Waals surface area (Å²) in [5, 5.41) is 11.5. The van der Waals surface area contributed by atoms with Crippen molar-refractivity contribution in [2.45, 2.75) is 6.92 Å². The van der Waals surface area contributed by atoms with Gasteiger partial charge in [-0.15, -0.1) is 0 Å². The van der Waals surface area contributed by atoms with E-state index in [4.69, 9.17) is 12.2 Å². The molecule has 0 aliphatic heterocycles. The lowest BCUT2D eigenvalue weighted by Gasteiger charge is -2.05. The van der Waals surface area contributed by atoms with Crippen LogP contribution in [0.25, 0.3) is 5.69 Å². The fraction of sp³-hybridized carbons (Fsp3) is 0.167. The van der Waals surface area contributed by atoms with E-state index in [1.54, 1.807) is 18.1 Å². The van der Waals surface area contributed by atoms with Crippen molar-refractivity contribution in [2.75, 3.05) is 7.05 Å². The van der Waals surface area contributed by atoms with Crippen LogP contribution >= 0.6 is 12.2 Å². The molecule has 98 valence electrons. The number of aromatic nitrogens is 3. The molecular weight excluding hydrogens is 260 g/mol.